The Hall–Kier alpha value is -2.21. The molecule has 1 N–H and O–H groups in total. The van der Waals surface area contributed by atoms with Gasteiger partial charge >= 0.3 is 0 Å². The SMILES string of the molecule is CC(C)(C)c1cc(NC(=O)c2cc(Cl)c3c(c2)OCO3)n(C(C)(C)C)n1. The molecule has 0 spiro atoms. The first-order chi connectivity index (χ1) is 12.0. The van der Waals surface area contributed by atoms with Crippen LogP contribution in [-0.4, -0.2) is 22.5 Å². The van der Waals surface area contributed by atoms with Gasteiger partial charge in [-0.05, 0) is 32.9 Å². The standard InChI is InChI=1S/C19H24ClN3O3/c1-18(2,3)14-9-15(23(22-14)19(4,5)6)21-17(24)11-7-12(20)16-13(8-11)25-10-26-16/h7-9H,10H2,1-6H3,(H,21,24). The van der Waals surface area contributed by atoms with Crippen molar-refractivity contribution >= 4 is 23.3 Å². The number of fused-ring (bicyclic) bond motifs is 1. The number of hydrogen-bond acceptors (Lipinski definition) is 4. The normalized spacial score (nSPS) is 13.8. The van der Waals surface area contributed by atoms with Crippen LogP contribution in [0, 0.1) is 0 Å². The van der Waals surface area contributed by atoms with Crippen molar-refractivity contribution in [2.75, 3.05) is 12.1 Å². The molecular weight excluding hydrogens is 354 g/mol. The minimum absolute atomic E-state index is 0.103. The van der Waals surface area contributed by atoms with Gasteiger partial charge < -0.3 is 14.8 Å². The molecule has 1 aromatic carbocycles. The Kier molecular flexibility index (Phi) is 4.43. The molecule has 140 valence electrons. The van der Waals surface area contributed by atoms with Gasteiger partial charge in [0.05, 0.1) is 16.3 Å². The number of carbonyl (C=O) groups excluding carboxylic acids is 1. The molecule has 0 atom stereocenters. The monoisotopic (exact) mass is 377 g/mol. The number of amides is 1. The quantitative estimate of drug-likeness (QED) is 0.832. The van der Waals surface area contributed by atoms with Crippen LogP contribution in [0.4, 0.5) is 5.82 Å². The van der Waals surface area contributed by atoms with E-state index in [1.54, 1.807) is 12.1 Å². The number of rotatable bonds is 2. The molecule has 2 heterocycles. The molecule has 0 unspecified atom stereocenters. The van der Waals surface area contributed by atoms with E-state index < -0.39 is 0 Å². The van der Waals surface area contributed by atoms with Crippen LogP contribution < -0.4 is 14.8 Å². The van der Waals surface area contributed by atoms with E-state index >= 15 is 0 Å². The van der Waals surface area contributed by atoms with Crippen LogP contribution in [-0.2, 0) is 11.0 Å². The van der Waals surface area contributed by atoms with Crippen LogP contribution in [0.15, 0.2) is 18.2 Å². The van der Waals surface area contributed by atoms with E-state index in [1.165, 1.54) is 0 Å². The number of nitrogens with zero attached hydrogens (tertiary/aromatic N) is 2. The number of aromatic nitrogens is 2. The number of nitrogens with one attached hydrogen (secondary N) is 1. The van der Waals surface area contributed by atoms with Crippen LogP contribution in [0.1, 0.15) is 57.6 Å². The van der Waals surface area contributed by atoms with Gasteiger partial charge in [-0.25, -0.2) is 4.68 Å². The molecule has 0 aliphatic carbocycles. The largest absolute Gasteiger partial charge is 0.454 e. The van der Waals surface area contributed by atoms with Crippen molar-refractivity contribution in [1.82, 2.24) is 9.78 Å². The summed E-state index contributed by atoms with van der Waals surface area (Å²) in [6.07, 6.45) is 0. The van der Waals surface area contributed by atoms with E-state index in [1.807, 2.05) is 31.5 Å². The van der Waals surface area contributed by atoms with E-state index in [0.717, 1.165) is 5.69 Å². The second kappa shape index (κ2) is 6.20. The Morgan fingerprint density at radius 3 is 2.46 bits per heavy atom. The van der Waals surface area contributed by atoms with Crippen LogP contribution in [0.5, 0.6) is 11.5 Å². The molecule has 1 aromatic heterocycles. The van der Waals surface area contributed by atoms with Crippen molar-refractivity contribution < 1.29 is 14.3 Å². The highest BCUT2D eigenvalue weighted by Crippen LogP contribution is 2.40. The molecule has 0 radical (unpaired) electrons. The zero-order valence-electron chi connectivity index (χ0n) is 15.9. The summed E-state index contributed by atoms with van der Waals surface area (Å²) in [4.78, 5) is 12.8. The predicted molar refractivity (Wildman–Crippen MR) is 101 cm³/mol. The Labute approximate surface area is 158 Å². The summed E-state index contributed by atoms with van der Waals surface area (Å²) in [6, 6.07) is 5.12. The third-order valence-electron chi connectivity index (χ3n) is 4.04. The minimum Gasteiger partial charge on any atom is -0.454 e. The molecule has 7 heteroatoms. The zero-order valence-corrected chi connectivity index (χ0v) is 16.7. The molecule has 1 aliphatic heterocycles. The fraction of sp³-hybridized carbons (Fsp3) is 0.474. The maximum absolute atomic E-state index is 12.8. The maximum atomic E-state index is 12.8. The summed E-state index contributed by atoms with van der Waals surface area (Å²) in [5, 5.41) is 8.01. The Bertz CT molecular complexity index is 860. The Morgan fingerprint density at radius 1 is 1.15 bits per heavy atom. The highest BCUT2D eigenvalue weighted by Gasteiger charge is 2.27. The molecule has 0 saturated heterocycles. The second-order valence-electron chi connectivity index (χ2n) is 8.39. The van der Waals surface area contributed by atoms with Crippen molar-refractivity contribution in [2.24, 2.45) is 0 Å². The van der Waals surface area contributed by atoms with E-state index in [0.29, 0.717) is 27.9 Å². The molecular formula is C19H24ClN3O3. The van der Waals surface area contributed by atoms with Crippen LogP contribution in [0.25, 0.3) is 0 Å². The first kappa shape index (κ1) is 18.6. The number of halogens is 1. The average molecular weight is 378 g/mol. The number of benzene rings is 1. The lowest BCUT2D eigenvalue weighted by Gasteiger charge is -2.23. The van der Waals surface area contributed by atoms with Crippen molar-refractivity contribution in [2.45, 2.75) is 52.5 Å². The fourth-order valence-corrected chi connectivity index (χ4v) is 2.90. The van der Waals surface area contributed by atoms with Gasteiger partial charge in [0.25, 0.3) is 5.91 Å². The van der Waals surface area contributed by atoms with Crippen molar-refractivity contribution in [3.05, 3.63) is 34.5 Å². The van der Waals surface area contributed by atoms with Crippen molar-refractivity contribution in [3.63, 3.8) is 0 Å². The van der Waals surface area contributed by atoms with Crippen molar-refractivity contribution in [3.8, 4) is 11.5 Å². The van der Waals surface area contributed by atoms with Gasteiger partial charge in [0.15, 0.2) is 11.5 Å². The number of anilines is 1. The van der Waals surface area contributed by atoms with E-state index in [-0.39, 0.29) is 23.7 Å². The lowest BCUT2D eigenvalue weighted by atomic mass is 9.92. The first-order valence-electron chi connectivity index (χ1n) is 8.48. The number of ether oxygens (including phenoxy) is 2. The van der Waals surface area contributed by atoms with Crippen LogP contribution in [0.2, 0.25) is 5.02 Å². The Balaban J connectivity index is 1.95. The average Bonchev–Trinajstić information content (AvgIpc) is 3.12. The van der Waals surface area contributed by atoms with Gasteiger partial charge in [0.1, 0.15) is 5.82 Å². The predicted octanol–water partition coefficient (Wildman–Crippen LogP) is 4.57. The van der Waals surface area contributed by atoms with Crippen LogP contribution >= 0.6 is 11.6 Å². The number of hydrogen-bond donors (Lipinski definition) is 1. The molecule has 0 bridgehead atoms. The summed E-state index contributed by atoms with van der Waals surface area (Å²) in [7, 11) is 0. The van der Waals surface area contributed by atoms with Gasteiger partial charge in [0.2, 0.25) is 6.79 Å². The molecule has 0 saturated carbocycles. The zero-order chi connectivity index (χ0) is 19.3. The molecule has 1 aliphatic rings. The fourth-order valence-electron chi connectivity index (χ4n) is 2.63. The van der Waals surface area contributed by atoms with Crippen molar-refractivity contribution in [1.29, 1.82) is 0 Å². The van der Waals surface area contributed by atoms with Gasteiger partial charge in [0, 0.05) is 17.0 Å². The lowest BCUT2D eigenvalue weighted by molar-refractivity contribution is 0.102. The molecule has 1 amide bonds. The highest BCUT2D eigenvalue weighted by molar-refractivity contribution is 6.32. The summed E-state index contributed by atoms with van der Waals surface area (Å²) >= 11 is 6.19. The van der Waals surface area contributed by atoms with Gasteiger partial charge in [-0.3, -0.25) is 4.79 Å². The summed E-state index contributed by atoms with van der Waals surface area (Å²) in [5.41, 5.74) is 0.904. The highest BCUT2D eigenvalue weighted by atomic mass is 35.5. The lowest BCUT2D eigenvalue weighted by Crippen LogP contribution is -2.27. The van der Waals surface area contributed by atoms with Crippen LogP contribution in [0.3, 0.4) is 0 Å². The van der Waals surface area contributed by atoms with Gasteiger partial charge in [-0.15, -0.1) is 0 Å². The van der Waals surface area contributed by atoms with Gasteiger partial charge in [-0.1, -0.05) is 32.4 Å². The topological polar surface area (TPSA) is 65.4 Å². The maximum Gasteiger partial charge on any atom is 0.257 e. The van der Waals surface area contributed by atoms with E-state index in [4.69, 9.17) is 26.2 Å². The third-order valence-corrected chi connectivity index (χ3v) is 4.32. The first-order valence-corrected chi connectivity index (χ1v) is 8.86. The molecule has 2 aromatic rings. The van der Waals surface area contributed by atoms with E-state index in [9.17, 15) is 4.79 Å². The molecule has 6 nitrogen and oxygen atoms in total. The van der Waals surface area contributed by atoms with Gasteiger partial charge in [-0.2, -0.15) is 5.10 Å². The van der Waals surface area contributed by atoms with E-state index in [2.05, 4.69) is 26.1 Å². The summed E-state index contributed by atoms with van der Waals surface area (Å²) < 4.78 is 12.5. The summed E-state index contributed by atoms with van der Waals surface area (Å²) in [6.45, 7) is 12.5. The number of carbonyl (C=O) groups is 1. The molecule has 26 heavy (non-hydrogen) atoms. The molecule has 0 fully saturated rings. The minimum atomic E-state index is -0.281. The Morgan fingerprint density at radius 2 is 1.85 bits per heavy atom. The third kappa shape index (κ3) is 3.51. The summed E-state index contributed by atoms with van der Waals surface area (Å²) in [5.74, 6) is 1.30. The smallest absolute Gasteiger partial charge is 0.257 e. The molecule has 3 rings (SSSR count). The second-order valence-corrected chi connectivity index (χ2v) is 8.80.